The van der Waals surface area contributed by atoms with Crippen LogP contribution in [0.4, 0.5) is 0 Å². The van der Waals surface area contributed by atoms with Crippen molar-refractivity contribution in [2.75, 3.05) is 46.5 Å². The SMILES string of the molecule is CC.CC1CCCCC1.COCCOC(C1CCN(C(=O)C(=O)NCCCN)C1)C1(C)C=CC=CC1. The summed E-state index contributed by atoms with van der Waals surface area (Å²) in [6.07, 6.45) is 18.2. The summed E-state index contributed by atoms with van der Waals surface area (Å²) < 4.78 is 11.3. The lowest BCUT2D eigenvalue weighted by Gasteiger charge is -2.39. The van der Waals surface area contributed by atoms with Crippen molar-refractivity contribution in [2.24, 2.45) is 23.0 Å². The molecule has 3 aliphatic rings. The van der Waals surface area contributed by atoms with Gasteiger partial charge >= 0.3 is 11.8 Å². The molecular formula is C29H53N3O4. The first-order valence-corrected chi connectivity index (χ1v) is 14.1. The number of carbonyl (C=O) groups excluding carboxylic acids is 2. The molecule has 3 atom stereocenters. The molecule has 36 heavy (non-hydrogen) atoms. The lowest BCUT2D eigenvalue weighted by Crippen LogP contribution is -2.45. The van der Waals surface area contributed by atoms with Gasteiger partial charge in [0.2, 0.25) is 0 Å². The highest BCUT2D eigenvalue weighted by atomic mass is 16.5. The second kappa shape index (κ2) is 18.5. The van der Waals surface area contributed by atoms with Gasteiger partial charge in [-0.25, -0.2) is 0 Å². The number of nitrogens with zero attached hydrogens (tertiary/aromatic N) is 1. The second-order valence-electron chi connectivity index (χ2n) is 10.2. The minimum Gasteiger partial charge on any atom is -0.382 e. The van der Waals surface area contributed by atoms with Gasteiger partial charge in [-0.05, 0) is 31.7 Å². The fourth-order valence-corrected chi connectivity index (χ4v) is 5.13. The number of rotatable bonds is 9. The summed E-state index contributed by atoms with van der Waals surface area (Å²) in [5, 5.41) is 2.64. The van der Waals surface area contributed by atoms with Gasteiger partial charge in [0.25, 0.3) is 0 Å². The van der Waals surface area contributed by atoms with Crippen molar-refractivity contribution in [3.8, 4) is 0 Å². The van der Waals surface area contributed by atoms with Crippen molar-refractivity contribution in [3.63, 3.8) is 0 Å². The van der Waals surface area contributed by atoms with Gasteiger partial charge in [-0.3, -0.25) is 9.59 Å². The normalized spacial score (nSPS) is 24.3. The van der Waals surface area contributed by atoms with Crippen LogP contribution in [0.1, 0.15) is 79.1 Å². The number of likely N-dealkylation sites (tertiary alicyclic amines) is 1. The summed E-state index contributed by atoms with van der Waals surface area (Å²) >= 11 is 0. The van der Waals surface area contributed by atoms with Crippen LogP contribution in [-0.4, -0.2) is 69.3 Å². The number of amides is 2. The average molecular weight is 508 g/mol. The molecule has 0 bridgehead atoms. The number of hydrogen-bond acceptors (Lipinski definition) is 5. The zero-order valence-corrected chi connectivity index (χ0v) is 23.6. The van der Waals surface area contributed by atoms with Crippen LogP contribution in [-0.2, 0) is 19.1 Å². The molecule has 3 rings (SSSR count). The Morgan fingerprint density at radius 1 is 1.14 bits per heavy atom. The van der Waals surface area contributed by atoms with Crippen LogP contribution in [0.25, 0.3) is 0 Å². The van der Waals surface area contributed by atoms with Crippen LogP contribution in [0.2, 0.25) is 0 Å². The first kappa shape index (κ1) is 32.3. The second-order valence-corrected chi connectivity index (χ2v) is 10.2. The average Bonchev–Trinajstić information content (AvgIpc) is 3.38. The molecule has 1 aliphatic heterocycles. The molecule has 1 heterocycles. The van der Waals surface area contributed by atoms with Crippen LogP contribution in [0, 0.1) is 17.3 Å². The predicted octanol–water partition coefficient (Wildman–Crippen LogP) is 4.47. The minimum atomic E-state index is -0.548. The summed E-state index contributed by atoms with van der Waals surface area (Å²) in [7, 11) is 1.66. The molecule has 3 N–H and O–H groups in total. The van der Waals surface area contributed by atoms with Crippen molar-refractivity contribution in [3.05, 3.63) is 24.3 Å². The highest BCUT2D eigenvalue weighted by molar-refractivity contribution is 6.35. The fourth-order valence-electron chi connectivity index (χ4n) is 5.13. The van der Waals surface area contributed by atoms with E-state index < -0.39 is 11.8 Å². The predicted molar refractivity (Wildman–Crippen MR) is 148 cm³/mol. The number of carbonyl (C=O) groups is 2. The Kier molecular flexibility index (Phi) is 16.6. The third-order valence-corrected chi connectivity index (χ3v) is 7.21. The van der Waals surface area contributed by atoms with Gasteiger partial charge in [0.15, 0.2) is 0 Å². The van der Waals surface area contributed by atoms with Gasteiger partial charge in [0, 0.05) is 38.1 Å². The number of hydrogen-bond donors (Lipinski definition) is 2. The van der Waals surface area contributed by atoms with E-state index in [1.807, 2.05) is 19.9 Å². The van der Waals surface area contributed by atoms with Crippen LogP contribution in [0.5, 0.6) is 0 Å². The molecule has 208 valence electrons. The highest BCUT2D eigenvalue weighted by Crippen LogP contribution is 2.40. The maximum absolute atomic E-state index is 12.4. The maximum Gasteiger partial charge on any atom is 0.311 e. The number of nitrogens with one attached hydrogen (secondary N) is 1. The molecule has 0 radical (unpaired) electrons. The van der Waals surface area contributed by atoms with Crippen molar-refractivity contribution >= 4 is 11.8 Å². The zero-order valence-electron chi connectivity index (χ0n) is 23.6. The Morgan fingerprint density at radius 2 is 1.86 bits per heavy atom. The van der Waals surface area contributed by atoms with Crippen molar-refractivity contribution in [1.82, 2.24) is 10.2 Å². The number of allylic oxidation sites excluding steroid dienone is 3. The Labute approximate surface area is 220 Å². The molecule has 7 heteroatoms. The van der Waals surface area contributed by atoms with E-state index in [9.17, 15) is 9.59 Å². The molecule has 1 saturated heterocycles. The number of methoxy groups -OCH3 is 1. The molecule has 2 fully saturated rings. The number of ether oxygens (including phenoxy) is 2. The Bertz CT molecular complexity index is 675. The number of nitrogens with two attached hydrogens (primary N) is 1. The van der Waals surface area contributed by atoms with E-state index >= 15 is 0 Å². The fraction of sp³-hybridized carbons (Fsp3) is 0.793. The molecular weight excluding hydrogens is 454 g/mol. The van der Waals surface area contributed by atoms with Gasteiger partial charge in [-0.2, -0.15) is 0 Å². The molecule has 0 aromatic rings. The molecule has 7 nitrogen and oxygen atoms in total. The van der Waals surface area contributed by atoms with Gasteiger partial charge in [0.05, 0.1) is 19.3 Å². The molecule has 0 spiro atoms. The van der Waals surface area contributed by atoms with Crippen LogP contribution >= 0.6 is 0 Å². The lowest BCUT2D eigenvalue weighted by molar-refractivity contribution is -0.145. The monoisotopic (exact) mass is 507 g/mol. The maximum atomic E-state index is 12.4. The first-order chi connectivity index (χ1) is 17.4. The van der Waals surface area contributed by atoms with E-state index in [0.717, 1.165) is 18.8 Å². The molecule has 0 aromatic carbocycles. The topological polar surface area (TPSA) is 93.9 Å². The lowest BCUT2D eigenvalue weighted by atomic mass is 9.73. The molecule has 2 aliphatic carbocycles. The molecule has 3 unspecified atom stereocenters. The van der Waals surface area contributed by atoms with E-state index in [1.165, 1.54) is 32.1 Å². The van der Waals surface area contributed by atoms with E-state index in [2.05, 4.69) is 37.4 Å². The van der Waals surface area contributed by atoms with Crippen LogP contribution < -0.4 is 11.1 Å². The van der Waals surface area contributed by atoms with E-state index in [4.69, 9.17) is 15.2 Å². The van der Waals surface area contributed by atoms with Crippen molar-refractivity contribution in [1.29, 1.82) is 0 Å². The van der Waals surface area contributed by atoms with Gasteiger partial charge < -0.3 is 25.4 Å². The zero-order chi connectivity index (χ0) is 26.8. The van der Waals surface area contributed by atoms with Crippen molar-refractivity contribution < 1.29 is 19.1 Å². The Hall–Kier alpha value is -1.70. The third kappa shape index (κ3) is 11.1. The standard InChI is InChI=1S/C20H33N3O4.C7H14.C2H6/c1-20(8-4-3-5-9-20)17(27-14-13-26-2)16-7-12-23(15-16)19(25)18(24)22-11-6-10-21;1-7-5-3-2-4-6-7;1-2/h3-5,8,16-17H,6-7,9-15,21H2,1-2H3,(H,22,24);7H,2-6H2,1H3;1-2H3. The molecule has 2 amide bonds. The highest BCUT2D eigenvalue weighted by Gasteiger charge is 2.42. The van der Waals surface area contributed by atoms with Gasteiger partial charge in [-0.15, -0.1) is 0 Å². The smallest absolute Gasteiger partial charge is 0.311 e. The van der Waals surface area contributed by atoms with E-state index in [0.29, 0.717) is 45.8 Å². The van der Waals surface area contributed by atoms with Gasteiger partial charge in [-0.1, -0.05) is 84.1 Å². The van der Waals surface area contributed by atoms with E-state index in [-0.39, 0.29) is 17.4 Å². The Morgan fingerprint density at radius 3 is 2.42 bits per heavy atom. The summed E-state index contributed by atoms with van der Waals surface area (Å²) in [5.74, 6) is 0.208. The first-order valence-electron chi connectivity index (χ1n) is 14.1. The van der Waals surface area contributed by atoms with Crippen LogP contribution in [0.3, 0.4) is 0 Å². The molecule has 0 aromatic heterocycles. The summed E-state index contributed by atoms with van der Waals surface area (Å²) in [6.45, 7) is 11.6. The largest absolute Gasteiger partial charge is 0.382 e. The minimum absolute atomic E-state index is 0.0352. The third-order valence-electron chi connectivity index (χ3n) is 7.21. The Balaban J connectivity index is 0.000000609. The van der Waals surface area contributed by atoms with Crippen LogP contribution in [0.15, 0.2) is 24.3 Å². The summed E-state index contributed by atoms with van der Waals surface area (Å²) in [6, 6.07) is 0. The summed E-state index contributed by atoms with van der Waals surface area (Å²) in [5.41, 5.74) is 5.29. The quantitative estimate of drug-likeness (QED) is 0.355. The summed E-state index contributed by atoms with van der Waals surface area (Å²) in [4.78, 5) is 26.1. The van der Waals surface area contributed by atoms with E-state index in [1.54, 1.807) is 12.0 Å². The van der Waals surface area contributed by atoms with Gasteiger partial charge in [0.1, 0.15) is 0 Å². The molecule has 1 saturated carbocycles. The van der Waals surface area contributed by atoms with Crippen molar-refractivity contribution in [2.45, 2.75) is 85.2 Å².